The molecule has 1 unspecified atom stereocenters. The number of carbonyl (C=O) groups is 1. The highest BCUT2D eigenvalue weighted by molar-refractivity contribution is 5.78. The number of hydrogen-bond acceptors (Lipinski definition) is 3. The third-order valence-electron chi connectivity index (χ3n) is 6.27. The fraction of sp³-hybridized carbons (Fsp3) is 0.591. The minimum absolute atomic E-state index is 0.126. The summed E-state index contributed by atoms with van der Waals surface area (Å²) >= 11 is 0. The van der Waals surface area contributed by atoms with E-state index in [1.807, 2.05) is 18.2 Å². The molecule has 2 heterocycles. The van der Waals surface area contributed by atoms with Crippen molar-refractivity contribution in [2.45, 2.75) is 70.3 Å². The second-order valence-corrected chi connectivity index (χ2v) is 8.15. The van der Waals surface area contributed by atoms with Crippen LogP contribution in [0.25, 0.3) is 10.9 Å². The summed E-state index contributed by atoms with van der Waals surface area (Å²) in [7, 11) is 0. The monoisotopic (exact) mass is 367 g/mol. The van der Waals surface area contributed by atoms with Crippen molar-refractivity contribution < 1.29 is 4.79 Å². The van der Waals surface area contributed by atoms with E-state index >= 15 is 0 Å². The van der Waals surface area contributed by atoms with Gasteiger partial charge in [0.05, 0.1) is 10.9 Å². The molecule has 4 rings (SSSR count). The fourth-order valence-electron chi connectivity index (χ4n) is 4.84. The Bertz CT molecular complexity index is 854. The maximum Gasteiger partial charge on any atom is 0.258 e. The van der Waals surface area contributed by atoms with Gasteiger partial charge in [0.2, 0.25) is 5.91 Å². The molecule has 1 N–H and O–H groups in total. The van der Waals surface area contributed by atoms with Gasteiger partial charge >= 0.3 is 0 Å². The largest absolute Gasteiger partial charge is 0.340 e. The predicted octanol–water partition coefficient (Wildman–Crippen LogP) is 3.82. The van der Waals surface area contributed by atoms with Crippen molar-refractivity contribution in [2.75, 3.05) is 6.54 Å². The first kappa shape index (κ1) is 18.2. The van der Waals surface area contributed by atoms with E-state index in [1.54, 1.807) is 6.07 Å². The van der Waals surface area contributed by atoms with E-state index in [0.29, 0.717) is 35.6 Å². The van der Waals surface area contributed by atoms with Crippen LogP contribution in [0.1, 0.15) is 63.6 Å². The lowest BCUT2D eigenvalue weighted by Gasteiger charge is -2.30. The Kier molecular flexibility index (Phi) is 5.55. The molecule has 5 nitrogen and oxygen atoms in total. The van der Waals surface area contributed by atoms with Gasteiger partial charge < -0.3 is 9.88 Å². The van der Waals surface area contributed by atoms with E-state index in [-0.39, 0.29) is 11.5 Å². The van der Waals surface area contributed by atoms with Crippen LogP contribution >= 0.6 is 0 Å². The molecule has 2 aromatic rings. The number of rotatable bonds is 5. The van der Waals surface area contributed by atoms with Crippen LogP contribution in [-0.4, -0.2) is 33.4 Å². The SMILES string of the molecule is O=C(CCc1nc2ccccc2c(=O)[nH]1)N1CCCC1CC1CCCCC1. The summed E-state index contributed by atoms with van der Waals surface area (Å²) in [5.74, 6) is 1.62. The molecule has 2 aliphatic rings. The summed E-state index contributed by atoms with van der Waals surface area (Å²) in [6, 6.07) is 7.75. The maximum absolute atomic E-state index is 12.8. The van der Waals surface area contributed by atoms with Crippen LogP contribution in [0, 0.1) is 5.92 Å². The van der Waals surface area contributed by atoms with Gasteiger partial charge in [-0.05, 0) is 37.3 Å². The lowest BCUT2D eigenvalue weighted by atomic mass is 9.84. The summed E-state index contributed by atoms with van der Waals surface area (Å²) < 4.78 is 0. The van der Waals surface area contributed by atoms with Crippen LogP contribution in [0.5, 0.6) is 0 Å². The van der Waals surface area contributed by atoms with Crippen LogP contribution in [0.3, 0.4) is 0 Å². The lowest BCUT2D eigenvalue weighted by molar-refractivity contribution is -0.132. The molecule has 1 atom stereocenters. The number of aromatic amines is 1. The molecular weight excluding hydrogens is 338 g/mol. The van der Waals surface area contributed by atoms with E-state index in [0.717, 1.165) is 25.3 Å². The van der Waals surface area contributed by atoms with Gasteiger partial charge in [-0.25, -0.2) is 4.98 Å². The van der Waals surface area contributed by atoms with E-state index < -0.39 is 0 Å². The van der Waals surface area contributed by atoms with Crippen molar-refractivity contribution in [3.05, 3.63) is 40.4 Å². The van der Waals surface area contributed by atoms with Gasteiger partial charge in [0, 0.05) is 25.4 Å². The Morgan fingerprint density at radius 1 is 1.11 bits per heavy atom. The molecule has 1 saturated carbocycles. The third-order valence-corrected chi connectivity index (χ3v) is 6.27. The van der Waals surface area contributed by atoms with E-state index in [4.69, 9.17) is 0 Å². The van der Waals surface area contributed by atoms with E-state index in [9.17, 15) is 9.59 Å². The molecule has 27 heavy (non-hydrogen) atoms. The first-order valence-electron chi connectivity index (χ1n) is 10.5. The highest BCUT2D eigenvalue weighted by Gasteiger charge is 2.30. The van der Waals surface area contributed by atoms with Crippen molar-refractivity contribution in [2.24, 2.45) is 5.92 Å². The number of nitrogens with one attached hydrogen (secondary N) is 1. The quantitative estimate of drug-likeness (QED) is 0.874. The zero-order valence-corrected chi connectivity index (χ0v) is 16.0. The number of benzene rings is 1. The Hall–Kier alpha value is -2.17. The van der Waals surface area contributed by atoms with Gasteiger partial charge in [-0.15, -0.1) is 0 Å². The minimum Gasteiger partial charge on any atom is -0.340 e. The molecule has 1 aromatic carbocycles. The number of para-hydroxylation sites is 1. The zero-order chi connectivity index (χ0) is 18.6. The molecular formula is C22H29N3O2. The van der Waals surface area contributed by atoms with Crippen LogP contribution in [0.2, 0.25) is 0 Å². The first-order chi connectivity index (χ1) is 13.2. The summed E-state index contributed by atoms with van der Waals surface area (Å²) in [6.45, 7) is 0.887. The summed E-state index contributed by atoms with van der Waals surface area (Å²) in [6.07, 6.45) is 11.1. The first-order valence-corrected chi connectivity index (χ1v) is 10.5. The summed E-state index contributed by atoms with van der Waals surface area (Å²) in [5.41, 5.74) is 0.569. The second kappa shape index (κ2) is 8.24. The molecule has 1 aromatic heterocycles. The molecule has 1 amide bonds. The average Bonchev–Trinajstić information content (AvgIpc) is 3.15. The summed E-state index contributed by atoms with van der Waals surface area (Å²) in [4.78, 5) is 34.5. The number of aromatic nitrogens is 2. The third kappa shape index (κ3) is 4.23. The molecule has 0 spiro atoms. The molecule has 0 bridgehead atoms. The topological polar surface area (TPSA) is 66.1 Å². The maximum atomic E-state index is 12.8. The minimum atomic E-state index is -0.126. The molecule has 5 heteroatoms. The van der Waals surface area contributed by atoms with Crippen molar-refractivity contribution in [3.63, 3.8) is 0 Å². The number of amides is 1. The molecule has 1 aliphatic carbocycles. The van der Waals surface area contributed by atoms with Crippen LogP contribution in [0.4, 0.5) is 0 Å². The van der Waals surface area contributed by atoms with E-state index in [1.165, 1.54) is 38.5 Å². The van der Waals surface area contributed by atoms with Gasteiger partial charge in [0.25, 0.3) is 5.56 Å². The highest BCUT2D eigenvalue weighted by atomic mass is 16.2. The van der Waals surface area contributed by atoms with Crippen LogP contribution < -0.4 is 5.56 Å². The van der Waals surface area contributed by atoms with Crippen molar-refractivity contribution in [3.8, 4) is 0 Å². The Morgan fingerprint density at radius 3 is 2.78 bits per heavy atom. The Morgan fingerprint density at radius 2 is 1.93 bits per heavy atom. The number of likely N-dealkylation sites (tertiary alicyclic amines) is 1. The molecule has 1 saturated heterocycles. The second-order valence-electron chi connectivity index (χ2n) is 8.15. The normalized spacial score (nSPS) is 21.0. The van der Waals surface area contributed by atoms with Crippen LogP contribution in [0.15, 0.2) is 29.1 Å². The van der Waals surface area contributed by atoms with E-state index in [2.05, 4.69) is 14.9 Å². The van der Waals surface area contributed by atoms with Gasteiger partial charge in [-0.1, -0.05) is 44.2 Å². The average molecular weight is 367 g/mol. The Labute approximate surface area is 160 Å². The molecule has 1 aliphatic heterocycles. The molecule has 2 fully saturated rings. The number of aryl methyl sites for hydroxylation is 1. The molecule has 0 radical (unpaired) electrons. The van der Waals surface area contributed by atoms with Crippen LogP contribution in [-0.2, 0) is 11.2 Å². The van der Waals surface area contributed by atoms with Gasteiger partial charge in [-0.3, -0.25) is 9.59 Å². The number of H-pyrrole nitrogens is 1. The zero-order valence-electron chi connectivity index (χ0n) is 16.0. The standard InChI is InChI=1S/C22H29N3O2/c26-21(25-14-6-9-17(25)15-16-7-2-1-3-8-16)13-12-20-23-19-11-5-4-10-18(19)22(27)24-20/h4-5,10-11,16-17H,1-3,6-9,12-15H2,(H,23,24,27). The van der Waals surface area contributed by atoms with Crippen molar-refractivity contribution >= 4 is 16.8 Å². The van der Waals surface area contributed by atoms with Gasteiger partial charge in [0.1, 0.15) is 5.82 Å². The number of hydrogen-bond donors (Lipinski definition) is 1. The predicted molar refractivity (Wildman–Crippen MR) is 107 cm³/mol. The number of carbonyl (C=O) groups excluding carboxylic acids is 1. The van der Waals surface area contributed by atoms with Crippen molar-refractivity contribution in [1.82, 2.24) is 14.9 Å². The van der Waals surface area contributed by atoms with Gasteiger partial charge in [0.15, 0.2) is 0 Å². The lowest BCUT2D eigenvalue weighted by Crippen LogP contribution is -2.37. The highest BCUT2D eigenvalue weighted by Crippen LogP contribution is 2.32. The fourth-order valence-corrected chi connectivity index (χ4v) is 4.84. The van der Waals surface area contributed by atoms with Crippen molar-refractivity contribution in [1.29, 1.82) is 0 Å². The number of fused-ring (bicyclic) bond motifs is 1. The smallest absolute Gasteiger partial charge is 0.258 e. The molecule has 144 valence electrons. The number of nitrogens with zero attached hydrogens (tertiary/aromatic N) is 2. The summed E-state index contributed by atoms with van der Waals surface area (Å²) in [5, 5.41) is 0.597. The van der Waals surface area contributed by atoms with Gasteiger partial charge in [-0.2, -0.15) is 0 Å². The Balaban J connectivity index is 1.37.